The zero-order valence-electron chi connectivity index (χ0n) is 11.7. The summed E-state index contributed by atoms with van der Waals surface area (Å²) in [5.41, 5.74) is 8.01. The summed E-state index contributed by atoms with van der Waals surface area (Å²) >= 11 is 3.40. The number of anilines is 2. The Hall–Kier alpha value is -2.01. The summed E-state index contributed by atoms with van der Waals surface area (Å²) < 4.78 is 6.59. The summed E-state index contributed by atoms with van der Waals surface area (Å²) in [6.07, 6.45) is 0.279. The van der Waals surface area contributed by atoms with E-state index in [9.17, 15) is 4.79 Å². The highest BCUT2D eigenvalue weighted by molar-refractivity contribution is 9.10. The third kappa shape index (κ3) is 4.79. The van der Waals surface area contributed by atoms with E-state index in [0.717, 1.165) is 15.8 Å². The molecule has 2 aromatic carbocycles. The molecule has 110 valence electrons. The molecule has 0 atom stereocenters. The van der Waals surface area contributed by atoms with Gasteiger partial charge in [0.2, 0.25) is 5.91 Å². The average Bonchev–Trinajstić information content (AvgIpc) is 2.42. The van der Waals surface area contributed by atoms with Crippen LogP contribution in [0.1, 0.15) is 12.0 Å². The number of nitrogens with one attached hydrogen (secondary N) is 1. The number of rotatable bonds is 5. The number of hydrogen-bond acceptors (Lipinski definition) is 3. The van der Waals surface area contributed by atoms with Crippen molar-refractivity contribution in [3.8, 4) is 5.75 Å². The number of nitrogen functional groups attached to an aromatic ring is 1. The first kappa shape index (κ1) is 15.4. The van der Waals surface area contributed by atoms with Crippen molar-refractivity contribution in [2.24, 2.45) is 0 Å². The minimum absolute atomic E-state index is 0.103. The minimum Gasteiger partial charge on any atom is -0.493 e. The normalized spacial score (nSPS) is 10.2. The molecule has 0 spiro atoms. The number of hydrogen-bond donors (Lipinski definition) is 2. The number of nitrogens with two attached hydrogens (primary N) is 1. The lowest BCUT2D eigenvalue weighted by molar-refractivity contribution is -0.116. The molecular formula is C16H17BrN2O2. The molecule has 0 radical (unpaired) electrons. The number of carbonyl (C=O) groups is 1. The largest absolute Gasteiger partial charge is 0.493 e. The number of benzene rings is 2. The van der Waals surface area contributed by atoms with E-state index in [1.807, 2.05) is 25.1 Å². The summed E-state index contributed by atoms with van der Waals surface area (Å²) in [4.78, 5) is 11.8. The molecule has 0 aliphatic rings. The number of ether oxygens (including phenoxy) is 1. The van der Waals surface area contributed by atoms with Gasteiger partial charge in [-0.05, 0) is 42.8 Å². The topological polar surface area (TPSA) is 64.3 Å². The average molecular weight is 349 g/mol. The lowest BCUT2D eigenvalue weighted by Gasteiger charge is -2.10. The van der Waals surface area contributed by atoms with Gasteiger partial charge in [-0.1, -0.05) is 28.1 Å². The van der Waals surface area contributed by atoms with Gasteiger partial charge in [0, 0.05) is 15.8 Å². The standard InChI is InChI=1S/C16H17BrN2O2/c1-11-5-6-12(17)9-15(11)21-8-7-16(20)19-14-4-2-3-13(18)10-14/h2-6,9-10H,7-8,18H2,1H3,(H,19,20). The van der Waals surface area contributed by atoms with Crippen LogP contribution in [-0.2, 0) is 4.79 Å². The second-order valence-electron chi connectivity index (χ2n) is 4.68. The van der Waals surface area contributed by atoms with Crippen LogP contribution < -0.4 is 15.8 Å². The monoisotopic (exact) mass is 348 g/mol. The van der Waals surface area contributed by atoms with Gasteiger partial charge < -0.3 is 15.8 Å². The third-order valence-corrected chi connectivity index (χ3v) is 3.40. The van der Waals surface area contributed by atoms with E-state index in [4.69, 9.17) is 10.5 Å². The molecule has 2 aromatic rings. The number of amides is 1. The SMILES string of the molecule is Cc1ccc(Br)cc1OCCC(=O)Nc1cccc(N)c1. The van der Waals surface area contributed by atoms with Gasteiger partial charge in [0.1, 0.15) is 5.75 Å². The van der Waals surface area contributed by atoms with Gasteiger partial charge >= 0.3 is 0 Å². The Morgan fingerprint density at radius 2 is 2.10 bits per heavy atom. The fourth-order valence-electron chi connectivity index (χ4n) is 1.82. The van der Waals surface area contributed by atoms with E-state index in [1.165, 1.54) is 0 Å². The van der Waals surface area contributed by atoms with Crippen molar-refractivity contribution >= 4 is 33.2 Å². The van der Waals surface area contributed by atoms with Crippen LogP contribution in [0.5, 0.6) is 5.75 Å². The van der Waals surface area contributed by atoms with E-state index in [2.05, 4.69) is 21.2 Å². The maximum atomic E-state index is 11.8. The van der Waals surface area contributed by atoms with E-state index in [0.29, 0.717) is 18.0 Å². The van der Waals surface area contributed by atoms with Crippen LogP contribution in [0.2, 0.25) is 0 Å². The van der Waals surface area contributed by atoms with Gasteiger partial charge in [-0.2, -0.15) is 0 Å². The van der Waals surface area contributed by atoms with Gasteiger partial charge in [-0.15, -0.1) is 0 Å². The Bertz CT molecular complexity index is 644. The quantitative estimate of drug-likeness (QED) is 0.808. The molecule has 2 rings (SSSR count). The van der Waals surface area contributed by atoms with Crippen LogP contribution in [-0.4, -0.2) is 12.5 Å². The third-order valence-electron chi connectivity index (χ3n) is 2.91. The number of aryl methyl sites for hydroxylation is 1. The summed E-state index contributed by atoms with van der Waals surface area (Å²) in [5.74, 6) is 0.675. The molecule has 1 amide bonds. The molecule has 0 aromatic heterocycles. The minimum atomic E-state index is -0.103. The lowest BCUT2D eigenvalue weighted by atomic mass is 10.2. The molecule has 21 heavy (non-hydrogen) atoms. The molecule has 0 aliphatic carbocycles. The molecule has 0 unspecified atom stereocenters. The Morgan fingerprint density at radius 3 is 2.86 bits per heavy atom. The summed E-state index contributed by atoms with van der Waals surface area (Å²) in [5, 5.41) is 2.79. The van der Waals surface area contributed by atoms with Crippen LogP contribution in [0, 0.1) is 6.92 Å². The Labute approximate surface area is 132 Å². The van der Waals surface area contributed by atoms with Crippen LogP contribution in [0.15, 0.2) is 46.9 Å². The first-order valence-corrected chi connectivity index (χ1v) is 7.38. The van der Waals surface area contributed by atoms with Gasteiger partial charge in [0.15, 0.2) is 0 Å². The zero-order valence-corrected chi connectivity index (χ0v) is 13.3. The molecule has 0 saturated carbocycles. The second-order valence-corrected chi connectivity index (χ2v) is 5.60. The fourth-order valence-corrected chi connectivity index (χ4v) is 2.16. The molecule has 5 heteroatoms. The first-order chi connectivity index (χ1) is 10.0. The van der Waals surface area contributed by atoms with Crippen molar-refractivity contribution in [1.29, 1.82) is 0 Å². The van der Waals surface area contributed by atoms with Crippen molar-refractivity contribution in [3.05, 3.63) is 52.5 Å². The molecule has 0 heterocycles. The van der Waals surface area contributed by atoms with Gasteiger partial charge in [-0.3, -0.25) is 4.79 Å². The van der Waals surface area contributed by atoms with Crippen molar-refractivity contribution in [2.45, 2.75) is 13.3 Å². The van der Waals surface area contributed by atoms with Crippen molar-refractivity contribution < 1.29 is 9.53 Å². The van der Waals surface area contributed by atoms with E-state index < -0.39 is 0 Å². The number of halogens is 1. The Balaban J connectivity index is 1.83. The maximum absolute atomic E-state index is 11.8. The van der Waals surface area contributed by atoms with Crippen LogP contribution in [0.25, 0.3) is 0 Å². The van der Waals surface area contributed by atoms with E-state index >= 15 is 0 Å². The molecule has 0 saturated heterocycles. The van der Waals surface area contributed by atoms with Gasteiger partial charge in [0.25, 0.3) is 0 Å². The predicted octanol–water partition coefficient (Wildman–Crippen LogP) is 3.75. The molecule has 4 nitrogen and oxygen atoms in total. The maximum Gasteiger partial charge on any atom is 0.227 e. The van der Waals surface area contributed by atoms with E-state index in [-0.39, 0.29) is 12.3 Å². The first-order valence-electron chi connectivity index (χ1n) is 6.59. The zero-order chi connectivity index (χ0) is 15.2. The summed E-state index contributed by atoms with van der Waals surface area (Å²) in [7, 11) is 0. The van der Waals surface area contributed by atoms with Gasteiger partial charge in [-0.25, -0.2) is 0 Å². The second kappa shape index (κ2) is 7.13. The molecule has 3 N–H and O–H groups in total. The van der Waals surface area contributed by atoms with E-state index in [1.54, 1.807) is 24.3 Å². The van der Waals surface area contributed by atoms with Crippen LogP contribution in [0.3, 0.4) is 0 Å². The summed E-state index contributed by atoms with van der Waals surface area (Å²) in [6, 6.07) is 12.9. The predicted molar refractivity (Wildman–Crippen MR) is 88.5 cm³/mol. The van der Waals surface area contributed by atoms with Crippen molar-refractivity contribution in [2.75, 3.05) is 17.7 Å². The smallest absolute Gasteiger partial charge is 0.227 e. The highest BCUT2D eigenvalue weighted by atomic mass is 79.9. The fraction of sp³-hybridized carbons (Fsp3) is 0.188. The molecule has 0 fully saturated rings. The molecule has 0 bridgehead atoms. The van der Waals surface area contributed by atoms with Crippen LogP contribution in [0.4, 0.5) is 11.4 Å². The Morgan fingerprint density at radius 1 is 1.29 bits per heavy atom. The lowest BCUT2D eigenvalue weighted by Crippen LogP contribution is -2.15. The van der Waals surface area contributed by atoms with Crippen molar-refractivity contribution in [3.63, 3.8) is 0 Å². The molecule has 0 aliphatic heterocycles. The summed E-state index contributed by atoms with van der Waals surface area (Å²) in [6.45, 7) is 2.29. The van der Waals surface area contributed by atoms with Crippen LogP contribution >= 0.6 is 15.9 Å². The van der Waals surface area contributed by atoms with Gasteiger partial charge in [0.05, 0.1) is 13.0 Å². The van der Waals surface area contributed by atoms with Crippen molar-refractivity contribution in [1.82, 2.24) is 0 Å². The highest BCUT2D eigenvalue weighted by Gasteiger charge is 2.05. The molecular weight excluding hydrogens is 332 g/mol. The Kier molecular flexibility index (Phi) is 5.22. The highest BCUT2D eigenvalue weighted by Crippen LogP contribution is 2.23. The number of carbonyl (C=O) groups excluding carboxylic acids is 1.